The molecular weight excluding hydrogens is 260 g/mol. The van der Waals surface area contributed by atoms with Gasteiger partial charge in [-0.2, -0.15) is 0 Å². The maximum Gasteiger partial charge on any atom is 0.305 e. The molecule has 0 aromatic heterocycles. The predicted molar refractivity (Wildman–Crippen MR) is 75.3 cm³/mol. The van der Waals surface area contributed by atoms with E-state index in [0.29, 0.717) is 32.6 Å². The molecule has 6 heteroatoms. The van der Waals surface area contributed by atoms with E-state index in [4.69, 9.17) is 9.47 Å². The van der Waals surface area contributed by atoms with Crippen LogP contribution < -0.4 is 10.6 Å². The van der Waals surface area contributed by atoms with E-state index in [-0.39, 0.29) is 11.9 Å². The Bertz CT molecular complexity index is 309. The first-order valence-electron chi connectivity index (χ1n) is 7.28. The minimum atomic E-state index is -0.427. The minimum Gasteiger partial charge on any atom is -0.466 e. The standard InChI is InChI=1S/C14H26N2O4/c1-3-20-12(17)5-4-8-16-13(18)14(11-19-2)6-9-15-10-7-14/h15H,3-11H2,1-2H3,(H,16,18). The second-order valence-electron chi connectivity index (χ2n) is 5.13. The van der Waals surface area contributed by atoms with Gasteiger partial charge in [-0.05, 0) is 39.3 Å². The highest BCUT2D eigenvalue weighted by atomic mass is 16.5. The molecule has 0 bridgehead atoms. The van der Waals surface area contributed by atoms with Crippen molar-refractivity contribution in [2.75, 3.05) is 40.0 Å². The Morgan fingerprint density at radius 2 is 2.00 bits per heavy atom. The monoisotopic (exact) mass is 286 g/mol. The van der Waals surface area contributed by atoms with Gasteiger partial charge in [-0.25, -0.2) is 0 Å². The van der Waals surface area contributed by atoms with Crippen LogP contribution in [0.5, 0.6) is 0 Å². The highest BCUT2D eigenvalue weighted by Gasteiger charge is 2.39. The normalized spacial score (nSPS) is 17.5. The minimum absolute atomic E-state index is 0.0321. The van der Waals surface area contributed by atoms with Crippen molar-refractivity contribution < 1.29 is 19.1 Å². The zero-order valence-corrected chi connectivity index (χ0v) is 12.5. The first-order chi connectivity index (χ1) is 9.64. The third kappa shape index (κ3) is 5.09. The summed E-state index contributed by atoms with van der Waals surface area (Å²) in [6.07, 6.45) is 2.51. The number of methoxy groups -OCH3 is 1. The number of hydrogen-bond donors (Lipinski definition) is 2. The lowest BCUT2D eigenvalue weighted by atomic mass is 9.78. The van der Waals surface area contributed by atoms with Gasteiger partial charge >= 0.3 is 5.97 Å². The van der Waals surface area contributed by atoms with Crippen LogP contribution in [-0.2, 0) is 19.1 Å². The van der Waals surface area contributed by atoms with Crippen LogP contribution in [0.3, 0.4) is 0 Å². The average Bonchev–Trinajstić information content (AvgIpc) is 2.45. The molecule has 0 unspecified atom stereocenters. The average molecular weight is 286 g/mol. The number of piperidine rings is 1. The fourth-order valence-corrected chi connectivity index (χ4v) is 2.47. The number of esters is 1. The number of carbonyl (C=O) groups excluding carboxylic acids is 2. The van der Waals surface area contributed by atoms with Crippen molar-refractivity contribution >= 4 is 11.9 Å². The van der Waals surface area contributed by atoms with E-state index in [9.17, 15) is 9.59 Å². The topological polar surface area (TPSA) is 76.7 Å². The molecule has 1 saturated heterocycles. The second-order valence-corrected chi connectivity index (χ2v) is 5.13. The van der Waals surface area contributed by atoms with E-state index < -0.39 is 5.41 Å². The molecule has 20 heavy (non-hydrogen) atoms. The van der Waals surface area contributed by atoms with Crippen LogP contribution in [0.1, 0.15) is 32.6 Å². The molecular formula is C14H26N2O4. The van der Waals surface area contributed by atoms with Crippen LogP contribution in [-0.4, -0.2) is 51.8 Å². The third-order valence-electron chi connectivity index (χ3n) is 3.61. The first kappa shape index (κ1) is 16.9. The van der Waals surface area contributed by atoms with Crippen LogP contribution in [0.4, 0.5) is 0 Å². The van der Waals surface area contributed by atoms with E-state index in [1.54, 1.807) is 14.0 Å². The van der Waals surface area contributed by atoms with E-state index in [1.165, 1.54) is 0 Å². The summed E-state index contributed by atoms with van der Waals surface area (Å²) in [5.74, 6) is -0.181. The fourth-order valence-electron chi connectivity index (χ4n) is 2.47. The summed E-state index contributed by atoms with van der Waals surface area (Å²) >= 11 is 0. The molecule has 1 amide bonds. The fraction of sp³-hybridized carbons (Fsp3) is 0.857. The number of ether oxygens (including phenoxy) is 2. The smallest absolute Gasteiger partial charge is 0.305 e. The summed E-state index contributed by atoms with van der Waals surface area (Å²) in [6, 6.07) is 0. The quantitative estimate of drug-likeness (QED) is 0.501. The molecule has 0 radical (unpaired) electrons. The Balaban J connectivity index is 2.33. The van der Waals surface area contributed by atoms with Gasteiger partial charge in [-0.1, -0.05) is 0 Å². The molecule has 0 atom stereocenters. The molecule has 1 heterocycles. The molecule has 0 aromatic carbocycles. The van der Waals surface area contributed by atoms with Crippen LogP contribution in [0.2, 0.25) is 0 Å². The molecule has 2 N–H and O–H groups in total. The molecule has 0 saturated carbocycles. The molecule has 0 aromatic rings. The molecule has 1 aliphatic heterocycles. The van der Waals surface area contributed by atoms with Crippen molar-refractivity contribution in [1.29, 1.82) is 0 Å². The third-order valence-corrected chi connectivity index (χ3v) is 3.61. The lowest BCUT2D eigenvalue weighted by Crippen LogP contribution is -2.50. The summed E-state index contributed by atoms with van der Waals surface area (Å²) in [6.45, 7) is 4.79. The van der Waals surface area contributed by atoms with Crippen LogP contribution in [0.25, 0.3) is 0 Å². The maximum atomic E-state index is 12.3. The highest BCUT2D eigenvalue weighted by molar-refractivity contribution is 5.83. The van der Waals surface area contributed by atoms with Gasteiger partial charge in [0.25, 0.3) is 0 Å². The van der Waals surface area contributed by atoms with E-state index in [2.05, 4.69) is 10.6 Å². The summed E-state index contributed by atoms with van der Waals surface area (Å²) in [5, 5.41) is 6.17. The Morgan fingerprint density at radius 3 is 2.60 bits per heavy atom. The molecule has 6 nitrogen and oxygen atoms in total. The number of hydrogen-bond acceptors (Lipinski definition) is 5. The van der Waals surface area contributed by atoms with Crippen molar-refractivity contribution in [1.82, 2.24) is 10.6 Å². The van der Waals surface area contributed by atoms with Crippen LogP contribution >= 0.6 is 0 Å². The Morgan fingerprint density at radius 1 is 1.30 bits per heavy atom. The van der Waals surface area contributed by atoms with Gasteiger partial charge < -0.3 is 20.1 Å². The zero-order valence-electron chi connectivity index (χ0n) is 12.5. The van der Waals surface area contributed by atoms with E-state index in [1.807, 2.05) is 0 Å². The number of rotatable bonds is 8. The Labute approximate surface area is 120 Å². The van der Waals surface area contributed by atoms with Gasteiger partial charge in [-0.3, -0.25) is 9.59 Å². The molecule has 1 rings (SSSR count). The van der Waals surface area contributed by atoms with Gasteiger partial charge in [0.05, 0.1) is 18.6 Å². The van der Waals surface area contributed by atoms with Crippen molar-refractivity contribution in [3.05, 3.63) is 0 Å². The summed E-state index contributed by atoms with van der Waals surface area (Å²) < 4.78 is 10.1. The number of nitrogens with one attached hydrogen (secondary N) is 2. The molecule has 116 valence electrons. The maximum absolute atomic E-state index is 12.3. The van der Waals surface area contributed by atoms with Crippen molar-refractivity contribution in [3.8, 4) is 0 Å². The summed E-state index contributed by atoms with van der Waals surface area (Å²) in [5.41, 5.74) is -0.427. The largest absolute Gasteiger partial charge is 0.466 e. The number of carbonyl (C=O) groups is 2. The lowest BCUT2D eigenvalue weighted by molar-refractivity contribution is -0.143. The van der Waals surface area contributed by atoms with Crippen molar-refractivity contribution in [3.63, 3.8) is 0 Å². The SMILES string of the molecule is CCOC(=O)CCCNC(=O)C1(COC)CCNCC1. The highest BCUT2D eigenvalue weighted by Crippen LogP contribution is 2.29. The Hall–Kier alpha value is -1.14. The van der Waals surface area contributed by atoms with Crippen molar-refractivity contribution in [2.24, 2.45) is 5.41 Å². The van der Waals surface area contributed by atoms with Gasteiger partial charge in [0.1, 0.15) is 0 Å². The first-order valence-corrected chi connectivity index (χ1v) is 7.28. The lowest BCUT2D eigenvalue weighted by Gasteiger charge is -2.35. The molecule has 0 spiro atoms. The zero-order chi connectivity index (χ0) is 14.8. The van der Waals surface area contributed by atoms with Gasteiger partial charge in [0.15, 0.2) is 0 Å². The summed E-state index contributed by atoms with van der Waals surface area (Å²) in [4.78, 5) is 23.5. The second kappa shape index (κ2) is 8.92. The van der Waals surface area contributed by atoms with Gasteiger partial charge in [0.2, 0.25) is 5.91 Å². The summed E-state index contributed by atoms with van der Waals surface area (Å²) in [7, 11) is 1.62. The predicted octanol–water partition coefficient (Wildman–Crippen LogP) is 0.462. The molecule has 1 fully saturated rings. The van der Waals surface area contributed by atoms with Crippen LogP contribution in [0, 0.1) is 5.41 Å². The van der Waals surface area contributed by atoms with Crippen molar-refractivity contribution in [2.45, 2.75) is 32.6 Å². The Kier molecular flexibility index (Phi) is 7.54. The number of amides is 1. The van der Waals surface area contributed by atoms with E-state index in [0.717, 1.165) is 25.9 Å². The molecule has 0 aliphatic carbocycles. The van der Waals surface area contributed by atoms with Gasteiger partial charge in [-0.15, -0.1) is 0 Å². The van der Waals surface area contributed by atoms with E-state index >= 15 is 0 Å². The van der Waals surface area contributed by atoms with Gasteiger partial charge in [0, 0.05) is 20.1 Å². The molecule has 1 aliphatic rings. The van der Waals surface area contributed by atoms with Crippen LogP contribution in [0.15, 0.2) is 0 Å².